The fourth-order valence-corrected chi connectivity index (χ4v) is 6.40. The van der Waals surface area contributed by atoms with Crippen molar-refractivity contribution in [3.63, 3.8) is 0 Å². The maximum absolute atomic E-state index is 13.6. The molecule has 2 aliphatic rings. The van der Waals surface area contributed by atoms with Gasteiger partial charge in [-0.1, -0.05) is 60.7 Å². The van der Waals surface area contributed by atoms with E-state index in [1.54, 1.807) is 60.7 Å². The molecule has 2 aliphatic heterocycles. The number of nitrogens with one attached hydrogen (secondary N) is 2. The summed E-state index contributed by atoms with van der Waals surface area (Å²) in [6.45, 7) is 0.923. The Morgan fingerprint density at radius 2 is 1.67 bits per heavy atom. The van der Waals surface area contributed by atoms with Crippen molar-refractivity contribution in [2.75, 3.05) is 12.4 Å². The summed E-state index contributed by atoms with van der Waals surface area (Å²) in [6.07, 6.45) is 2.85. The number of β-lactam (4-membered cyclic amide) rings is 1. The van der Waals surface area contributed by atoms with Gasteiger partial charge in [-0.2, -0.15) is 0 Å². The number of hydrogen-bond donors (Lipinski definition) is 4. The van der Waals surface area contributed by atoms with Crippen LogP contribution in [0.1, 0.15) is 44.8 Å². The third kappa shape index (κ3) is 8.05. The number of aromatic hydroxyl groups is 1. The van der Waals surface area contributed by atoms with E-state index in [0.717, 1.165) is 4.90 Å². The van der Waals surface area contributed by atoms with Gasteiger partial charge in [0.25, 0.3) is 11.8 Å². The number of benzene rings is 3. The molecule has 48 heavy (non-hydrogen) atoms. The Kier molecular flexibility index (Phi) is 12.0. The Labute approximate surface area is 301 Å². The van der Waals surface area contributed by atoms with Crippen LogP contribution in [-0.2, 0) is 23.9 Å². The molecule has 14 heteroatoms. The standard InChI is InChI=1S/C34H29N3O9S.Na.H/c1-19(38)46-17-23-18-47-33-28(32(43)37(33)29(23)34(44)45)36-31(42)27(21-7-3-2-4-8-21)35-30(41)22-14-11-20(12-15-22)13-16-26(40)24-9-5-6-10-25(24)39;;/h2-16,27-28,33,39H,17-18H2,1H3,(H,35,41)(H,36,42)(H,44,45);;/t27?,28-,33-;;/m1../s1. The van der Waals surface area contributed by atoms with Crippen LogP contribution in [0.25, 0.3) is 6.08 Å². The Balaban J connectivity index is 0.00000520. The molecule has 3 aromatic rings. The fourth-order valence-electron chi connectivity index (χ4n) is 5.07. The molecule has 0 aliphatic carbocycles. The molecule has 5 rings (SSSR count). The fraction of sp³-hybridized carbons (Fsp3) is 0.176. The SMILES string of the molecule is CC(=O)OCC1=C(C(=O)O)N2C(=O)[C@@H](NC(=O)C(NC(=O)c3ccc(C=CC(=O)c4ccccc4O)cc3)c3ccccc3)[C@H]2SC1.[NaH]. The summed E-state index contributed by atoms with van der Waals surface area (Å²) in [6, 6.07) is 18.7. The van der Waals surface area contributed by atoms with Crippen molar-refractivity contribution in [1.82, 2.24) is 15.5 Å². The average Bonchev–Trinajstić information content (AvgIpc) is 3.07. The quantitative estimate of drug-likeness (QED) is 0.0773. The normalized spacial score (nSPS) is 17.4. The first-order valence-electron chi connectivity index (χ1n) is 14.3. The number of aliphatic carboxylic acids is 1. The summed E-state index contributed by atoms with van der Waals surface area (Å²) in [5.41, 5.74) is 1.45. The molecule has 0 aromatic heterocycles. The number of carboxylic acids is 1. The maximum atomic E-state index is 13.6. The van der Waals surface area contributed by atoms with Crippen LogP contribution in [0.4, 0.5) is 0 Å². The first-order valence-corrected chi connectivity index (χ1v) is 15.4. The van der Waals surface area contributed by atoms with Crippen LogP contribution >= 0.6 is 11.8 Å². The number of amides is 3. The number of carboxylic acid groups (broad SMARTS) is 1. The number of allylic oxidation sites excluding steroid dienone is 1. The van der Waals surface area contributed by atoms with E-state index in [4.69, 9.17) is 4.74 Å². The molecule has 12 nitrogen and oxygen atoms in total. The van der Waals surface area contributed by atoms with E-state index in [2.05, 4.69) is 10.6 Å². The summed E-state index contributed by atoms with van der Waals surface area (Å²) in [4.78, 5) is 76.8. The summed E-state index contributed by atoms with van der Waals surface area (Å²) in [5, 5.41) is 24.4. The molecule has 242 valence electrons. The molecule has 3 atom stereocenters. The van der Waals surface area contributed by atoms with Crippen molar-refractivity contribution in [3.05, 3.63) is 118 Å². The first-order chi connectivity index (χ1) is 22.5. The van der Waals surface area contributed by atoms with E-state index in [0.29, 0.717) is 11.1 Å². The van der Waals surface area contributed by atoms with Crippen molar-refractivity contribution < 1.29 is 43.7 Å². The zero-order chi connectivity index (χ0) is 33.7. The molecule has 4 N–H and O–H groups in total. The minimum absolute atomic E-state index is 0. The van der Waals surface area contributed by atoms with Gasteiger partial charge in [0.1, 0.15) is 35.5 Å². The average molecular weight is 680 g/mol. The van der Waals surface area contributed by atoms with Crippen molar-refractivity contribution in [2.45, 2.75) is 24.4 Å². The van der Waals surface area contributed by atoms with E-state index in [9.17, 15) is 39.0 Å². The summed E-state index contributed by atoms with van der Waals surface area (Å²) in [5.74, 6) is -4.18. The number of rotatable bonds is 11. The molecule has 1 fully saturated rings. The van der Waals surface area contributed by atoms with Crippen molar-refractivity contribution in [3.8, 4) is 5.75 Å². The number of thioether (sulfide) groups is 1. The van der Waals surface area contributed by atoms with Gasteiger partial charge < -0.3 is 25.6 Å². The third-order valence-electron chi connectivity index (χ3n) is 7.44. The van der Waals surface area contributed by atoms with Gasteiger partial charge in [-0.3, -0.25) is 28.9 Å². The van der Waals surface area contributed by atoms with Crippen LogP contribution in [0, 0.1) is 0 Å². The van der Waals surface area contributed by atoms with Gasteiger partial charge in [0.15, 0.2) is 5.78 Å². The number of nitrogens with zero attached hydrogens (tertiary/aromatic N) is 1. The van der Waals surface area contributed by atoms with Gasteiger partial charge in [-0.05, 0) is 41.5 Å². The third-order valence-corrected chi connectivity index (χ3v) is 8.78. The Morgan fingerprint density at radius 1 is 1.00 bits per heavy atom. The van der Waals surface area contributed by atoms with Gasteiger partial charge >= 0.3 is 41.5 Å². The Morgan fingerprint density at radius 3 is 2.31 bits per heavy atom. The number of esters is 1. The monoisotopic (exact) mass is 679 g/mol. The summed E-state index contributed by atoms with van der Waals surface area (Å²) in [7, 11) is 0. The number of fused-ring (bicyclic) bond motifs is 1. The first kappa shape index (κ1) is 36.2. The van der Waals surface area contributed by atoms with Crippen LogP contribution in [0.5, 0.6) is 5.75 Å². The molecule has 0 saturated carbocycles. The molecular weight excluding hydrogens is 649 g/mol. The number of hydrogen-bond acceptors (Lipinski definition) is 9. The van der Waals surface area contributed by atoms with E-state index in [-0.39, 0.29) is 75.8 Å². The van der Waals surface area contributed by atoms with Gasteiger partial charge in [-0.25, -0.2) is 4.79 Å². The van der Waals surface area contributed by atoms with E-state index >= 15 is 0 Å². The molecule has 2 heterocycles. The Hall–Kier alpha value is -4.69. The number of phenols is 1. The van der Waals surface area contributed by atoms with Crippen molar-refractivity contribution >= 4 is 82.8 Å². The molecule has 0 spiro atoms. The predicted octanol–water partition coefficient (Wildman–Crippen LogP) is 2.41. The van der Waals surface area contributed by atoms with Gasteiger partial charge in [-0.15, -0.1) is 11.8 Å². The minimum atomic E-state index is -1.35. The van der Waals surface area contributed by atoms with Crippen molar-refractivity contribution in [2.24, 2.45) is 0 Å². The van der Waals surface area contributed by atoms with Crippen LogP contribution in [-0.4, -0.2) is 104 Å². The number of carbonyl (C=O) groups excluding carboxylic acids is 5. The molecule has 1 saturated heterocycles. The number of ether oxygens (including phenoxy) is 1. The zero-order valence-electron chi connectivity index (χ0n) is 24.9. The summed E-state index contributed by atoms with van der Waals surface area (Å²) >= 11 is 1.22. The van der Waals surface area contributed by atoms with Gasteiger partial charge in [0.05, 0.1) is 5.56 Å². The molecule has 3 aromatic carbocycles. The van der Waals surface area contributed by atoms with Gasteiger partial charge in [0, 0.05) is 23.8 Å². The second-order valence-electron chi connectivity index (χ2n) is 10.6. The second kappa shape index (κ2) is 15.9. The molecule has 0 bridgehead atoms. The number of ketones is 1. The van der Waals surface area contributed by atoms with Crippen molar-refractivity contribution in [1.29, 1.82) is 0 Å². The topological polar surface area (TPSA) is 179 Å². The molecule has 0 radical (unpaired) electrons. The van der Waals surface area contributed by atoms with E-state index in [1.807, 2.05) is 0 Å². The van der Waals surface area contributed by atoms with Gasteiger partial charge in [0.2, 0.25) is 5.91 Å². The van der Waals surface area contributed by atoms with E-state index in [1.165, 1.54) is 49.0 Å². The number of phenolic OH excluding ortho intramolecular Hbond substituents is 1. The molecular formula is C34H30N3NaO9S. The molecule has 1 unspecified atom stereocenters. The van der Waals surface area contributed by atoms with Crippen LogP contribution in [0.15, 0.2) is 96.2 Å². The van der Waals surface area contributed by atoms with E-state index < -0.39 is 47.1 Å². The summed E-state index contributed by atoms with van der Waals surface area (Å²) < 4.78 is 4.95. The van der Waals surface area contributed by atoms with Crippen LogP contribution in [0.3, 0.4) is 0 Å². The number of para-hydroxylation sites is 1. The van der Waals surface area contributed by atoms with Crippen LogP contribution < -0.4 is 10.6 Å². The molecule has 3 amide bonds. The van der Waals surface area contributed by atoms with Crippen LogP contribution in [0.2, 0.25) is 0 Å². The zero-order valence-corrected chi connectivity index (χ0v) is 25.7. The second-order valence-corrected chi connectivity index (χ2v) is 11.7. The Bertz CT molecular complexity index is 1810. The number of carbonyl (C=O) groups is 6. The predicted molar refractivity (Wildman–Crippen MR) is 178 cm³/mol.